The van der Waals surface area contributed by atoms with Crippen LogP contribution in [-0.4, -0.2) is 31.8 Å². The van der Waals surface area contributed by atoms with Crippen LogP contribution in [0.2, 0.25) is 0 Å². The molecule has 0 spiro atoms. The van der Waals surface area contributed by atoms with Crippen LogP contribution >= 0.6 is 0 Å². The molecule has 23 heavy (non-hydrogen) atoms. The lowest BCUT2D eigenvalue weighted by Crippen LogP contribution is -2.21. The van der Waals surface area contributed by atoms with E-state index >= 15 is 0 Å². The van der Waals surface area contributed by atoms with Gasteiger partial charge in [-0.25, -0.2) is 9.97 Å². The molecular weight excluding hydrogens is 294 g/mol. The Morgan fingerprint density at radius 3 is 2.65 bits per heavy atom. The SMILES string of the molecule is CC(C)C(=O)c1cnc2nc(N)nc(OC3CCCCC3)c2n1. The van der Waals surface area contributed by atoms with Crippen LogP contribution in [0.15, 0.2) is 6.20 Å². The summed E-state index contributed by atoms with van der Waals surface area (Å²) in [6, 6.07) is 0. The van der Waals surface area contributed by atoms with Crippen molar-refractivity contribution in [1.82, 2.24) is 19.9 Å². The summed E-state index contributed by atoms with van der Waals surface area (Å²) in [5.74, 6) is 0.199. The topological polar surface area (TPSA) is 104 Å². The number of ketones is 1. The lowest BCUT2D eigenvalue weighted by molar-refractivity contribution is 0.0934. The lowest BCUT2D eigenvalue weighted by atomic mass is 9.98. The molecule has 0 aromatic carbocycles. The van der Waals surface area contributed by atoms with Crippen LogP contribution in [0.25, 0.3) is 11.2 Å². The maximum atomic E-state index is 12.1. The van der Waals surface area contributed by atoms with Gasteiger partial charge in [-0.05, 0) is 25.7 Å². The lowest BCUT2D eigenvalue weighted by Gasteiger charge is -2.22. The molecule has 1 aliphatic carbocycles. The monoisotopic (exact) mass is 315 g/mol. The first-order valence-corrected chi connectivity index (χ1v) is 8.05. The van der Waals surface area contributed by atoms with Crippen LogP contribution in [0.5, 0.6) is 5.88 Å². The van der Waals surface area contributed by atoms with Crippen molar-refractivity contribution in [2.45, 2.75) is 52.1 Å². The molecule has 2 heterocycles. The molecule has 0 atom stereocenters. The molecule has 1 saturated carbocycles. The van der Waals surface area contributed by atoms with Crippen LogP contribution < -0.4 is 10.5 Å². The maximum absolute atomic E-state index is 12.1. The van der Waals surface area contributed by atoms with Crippen molar-refractivity contribution >= 4 is 22.9 Å². The number of hydrogen-bond acceptors (Lipinski definition) is 7. The minimum Gasteiger partial charge on any atom is -0.473 e. The third kappa shape index (κ3) is 3.38. The Hall–Kier alpha value is -2.31. The Bertz CT molecular complexity index is 726. The molecule has 3 rings (SSSR count). The highest BCUT2D eigenvalue weighted by Crippen LogP contribution is 2.26. The molecule has 7 nitrogen and oxygen atoms in total. The van der Waals surface area contributed by atoms with E-state index in [4.69, 9.17) is 10.5 Å². The molecule has 122 valence electrons. The van der Waals surface area contributed by atoms with E-state index in [0.29, 0.717) is 22.7 Å². The summed E-state index contributed by atoms with van der Waals surface area (Å²) in [5.41, 5.74) is 6.79. The van der Waals surface area contributed by atoms with Crippen molar-refractivity contribution in [3.8, 4) is 5.88 Å². The van der Waals surface area contributed by atoms with Crippen molar-refractivity contribution in [2.24, 2.45) is 5.92 Å². The van der Waals surface area contributed by atoms with Gasteiger partial charge in [0, 0.05) is 5.92 Å². The fourth-order valence-corrected chi connectivity index (χ4v) is 2.74. The largest absolute Gasteiger partial charge is 0.473 e. The molecule has 1 aliphatic rings. The van der Waals surface area contributed by atoms with Gasteiger partial charge in [-0.1, -0.05) is 20.3 Å². The average molecular weight is 315 g/mol. The summed E-state index contributed by atoms with van der Waals surface area (Å²) in [6.45, 7) is 3.65. The number of anilines is 1. The summed E-state index contributed by atoms with van der Waals surface area (Å²) in [7, 11) is 0. The first-order chi connectivity index (χ1) is 11.0. The molecule has 2 aromatic heterocycles. The van der Waals surface area contributed by atoms with E-state index in [2.05, 4.69) is 19.9 Å². The van der Waals surface area contributed by atoms with Crippen LogP contribution in [-0.2, 0) is 0 Å². The number of rotatable bonds is 4. The molecule has 0 saturated heterocycles. The first-order valence-electron chi connectivity index (χ1n) is 8.05. The normalized spacial score (nSPS) is 16.0. The van der Waals surface area contributed by atoms with Crippen LogP contribution in [0, 0.1) is 5.92 Å². The number of nitrogen functional groups attached to an aromatic ring is 1. The number of fused-ring (bicyclic) bond motifs is 1. The number of hydrogen-bond donors (Lipinski definition) is 1. The van der Waals surface area contributed by atoms with Crippen LogP contribution in [0.3, 0.4) is 0 Å². The average Bonchev–Trinajstić information content (AvgIpc) is 2.54. The van der Waals surface area contributed by atoms with E-state index in [9.17, 15) is 4.79 Å². The highest BCUT2D eigenvalue weighted by atomic mass is 16.5. The number of carbonyl (C=O) groups excluding carboxylic acids is 1. The predicted octanol–water partition coefficient (Wildman–Crippen LogP) is 2.55. The zero-order valence-electron chi connectivity index (χ0n) is 13.5. The summed E-state index contributed by atoms with van der Waals surface area (Å²) < 4.78 is 6.00. The van der Waals surface area contributed by atoms with Crippen molar-refractivity contribution in [3.63, 3.8) is 0 Å². The number of ether oxygens (including phenoxy) is 1. The first kappa shape index (κ1) is 15.6. The second-order valence-corrected chi connectivity index (χ2v) is 6.21. The van der Waals surface area contributed by atoms with Gasteiger partial charge in [0.25, 0.3) is 0 Å². The minimum atomic E-state index is -0.154. The number of nitrogens with zero attached hydrogens (tertiary/aromatic N) is 4. The maximum Gasteiger partial charge on any atom is 0.247 e. The Morgan fingerprint density at radius 1 is 1.22 bits per heavy atom. The number of carbonyl (C=O) groups is 1. The molecule has 0 aliphatic heterocycles. The van der Waals surface area contributed by atoms with Gasteiger partial charge >= 0.3 is 0 Å². The van der Waals surface area contributed by atoms with Crippen molar-refractivity contribution < 1.29 is 9.53 Å². The molecular formula is C16H21N5O2. The molecule has 2 N–H and O–H groups in total. The number of Topliss-reactive ketones (excluding diaryl/α,β-unsaturated/α-hetero) is 1. The molecule has 0 unspecified atom stereocenters. The molecule has 0 bridgehead atoms. The van der Waals surface area contributed by atoms with Crippen molar-refractivity contribution in [3.05, 3.63) is 11.9 Å². The molecule has 7 heteroatoms. The molecule has 2 aromatic rings. The molecule has 0 radical (unpaired) electrons. The Kier molecular flexibility index (Phi) is 4.36. The Morgan fingerprint density at radius 2 is 1.96 bits per heavy atom. The number of aromatic nitrogens is 4. The highest BCUT2D eigenvalue weighted by molar-refractivity contribution is 5.96. The van der Waals surface area contributed by atoms with E-state index in [-0.39, 0.29) is 23.8 Å². The van der Waals surface area contributed by atoms with Gasteiger partial charge in [0.1, 0.15) is 11.8 Å². The summed E-state index contributed by atoms with van der Waals surface area (Å²) in [5, 5.41) is 0. The second kappa shape index (κ2) is 6.44. The van der Waals surface area contributed by atoms with Gasteiger partial charge < -0.3 is 10.5 Å². The molecule has 0 amide bonds. The standard InChI is InChI=1S/C16H21N5O2/c1-9(2)13(22)11-8-18-14-12(19-11)15(21-16(17)20-14)23-10-6-4-3-5-7-10/h8-10H,3-7H2,1-2H3,(H2,17,18,20,21). The molecule has 1 fully saturated rings. The number of nitrogens with two attached hydrogens (primary N) is 1. The van der Waals surface area contributed by atoms with Gasteiger partial charge in [-0.3, -0.25) is 4.79 Å². The van der Waals surface area contributed by atoms with E-state index < -0.39 is 0 Å². The van der Waals surface area contributed by atoms with E-state index in [1.807, 2.05) is 13.8 Å². The van der Waals surface area contributed by atoms with Crippen molar-refractivity contribution in [1.29, 1.82) is 0 Å². The van der Waals surface area contributed by atoms with Gasteiger partial charge in [0.15, 0.2) is 16.9 Å². The van der Waals surface area contributed by atoms with Gasteiger partial charge in [-0.2, -0.15) is 9.97 Å². The predicted molar refractivity (Wildman–Crippen MR) is 86.2 cm³/mol. The van der Waals surface area contributed by atoms with Crippen LogP contribution in [0.4, 0.5) is 5.95 Å². The van der Waals surface area contributed by atoms with Crippen LogP contribution in [0.1, 0.15) is 56.4 Å². The summed E-state index contributed by atoms with van der Waals surface area (Å²) in [4.78, 5) is 29.0. The zero-order chi connectivity index (χ0) is 16.4. The van der Waals surface area contributed by atoms with E-state index in [1.54, 1.807) is 0 Å². The zero-order valence-corrected chi connectivity index (χ0v) is 13.5. The third-order valence-corrected chi connectivity index (χ3v) is 4.00. The van der Waals surface area contributed by atoms with E-state index in [0.717, 1.165) is 25.7 Å². The quantitative estimate of drug-likeness (QED) is 0.864. The van der Waals surface area contributed by atoms with E-state index in [1.165, 1.54) is 12.6 Å². The second-order valence-electron chi connectivity index (χ2n) is 6.21. The smallest absolute Gasteiger partial charge is 0.247 e. The summed E-state index contributed by atoms with van der Waals surface area (Å²) in [6.07, 6.45) is 7.04. The Balaban J connectivity index is 2.00. The van der Waals surface area contributed by atoms with Gasteiger partial charge in [0.05, 0.1) is 6.20 Å². The summed E-state index contributed by atoms with van der Waals surface area (Å²) >= 11 is 0. The fraction of sp³-hybridized carbons (Fsp3) is 0.562. The van der Waals surface area contributed by atoms with Crippen molar-refractivity contribution in [2.75, 3.05) is 5.73 Å². The van der Waals surface area contributed by atoms with Gasteiger partial charge in [-0.15, -0.1) is 0 Å². The minimum absolute atomic E-state index is 0.0696. The highest BCUT2D eigenvalue weighted by Gasteiger charge is 2.20. The van der Waals surface area contributed by atoms with Gasteiger partial charge in [0.2, 0.25) is 11.8 Å². The Labute approximate surface area is 134 Å². The third-order valence-electron chi connectivity index (χ3n) is 4.00. The fourth-order valence-electron chi connectivity index (χ4n) is 2.74.